The van der Waals surface area contributed by atoms with E-state index < -0.39 is 6.10 Å². The quantitative estimate of drug-likeness (QED) is 0.783. The van der Waals surface area contributed by atoms with Gasteiger partial charge in [0.15, 0.2) is 0 Å². The maximum atomic E-state index is 12.2. The van der Waals surface area contributed by atoms with Crippen LogP contribution in [0.15, 0.2) is 24.3 Å². The van der Waals surface area contributed by atoms with Gasteiger partial charge in [-0.3, -0.25) is 0 Å². The van der Waals surface area contributed by atoms with Crippen LogP contribution in [0.2, 0.25) is 0 Å². The smallest absolute Gasteiger partial charge is 0.315 e. The largest absolute Gasteiger partial charge is 0.497 e. The van der Waals surface area contributed by atoms with Crippen LogP contribution in [0.25, 0.3) is 0 Å². The molecule has 0 bridgehead atoms. The number of carbonyl (C=O) groups excluding carboxylic acids is 1. The maximum Gasteiger partial charge on any atom is 0.315 e. The highest BCUT2D eigenvalue weighted by molar-refractivity contribution is 5.74. The molecular formula is C17H26N2O3. The molecule has 3 unspecified atom stereocenters. The summed E-state index contributed by atoms with van der Waals surface area (Å²) in [5.41, 5.74) is 1.04. The lowest BCUT2D eigenvalue weighted by Crippen LogP contribution is -2.49. The molecule has 0 radical (unpaired) electrons. The van der Waals surface area contributed by atoms with E-state index in [1.54, 1.807) is 7.11 Å². The van der Waals surface area contributed by atoms with E-state index in [9.17, 15) is 9.90 Å². The number of rotatable bonds is 5. The zero-order valence-corrected chi connectivity index (χ0v) is 13.3. The van der Waals surface area contributed by atoms with Crippen LogP contribution in [-0.2, 0) is 0 Å². The number of hydrogen-bond acceptors (Lipinski definition) is 3. The molecule has 1 saturated carbocycles. The molecule has 1 aliphatic carbocycles. The van der Waals surface area contributed by atoms with E-state index in [1.807, 2.05) is 31.2 Å². The number of methoxy groups -OCH3 is 1. The van der Waals surface area contributed by atoms with Gasteiger partial charge in [-0.1, -0.05) is 31.9 Å². The van der Waals surface area contributed by atoms with Crippen molar-refractivity contribution in [2.75, 3.05) is 7.11 Å². The van der Waals surface area contributed by atoms with E-state index in [2.05, 4.69) is 10.6 Å². The number of hydrogen-bond donors (Lipinski definition) is 3. The van der Waals surface area contributed by atoms with E-state index in [4.69, 9.17) is 4.74 Å². The molecule has 22 heavy (non-hydrogen) atoms. The Labute approximate surface area is 132 Å². The second-order valence-corrected chi connectivity index (χ2v) is 5.81. The van der Waals surface area contributed by atoms with Crippen molar-refractivity contribution < 1.29 is 14.6 Å². The summed E-state index contributed by atoms with van der Waals surface area (Å²) in [5.74, 6) is 0.799. The third-order valence-corrected chi connectivity index (χ3v) is 4.28. The number of urea groups is 1. The van der Waals surface area contributed by atoms with Crippen LogP contribution in [0.1, 0.15) is 50.6 Å². The molecule has 1 aromatic rings. The molecule has 3 atom stereocenters. The van der Waals surface area contributed by atoms with Crippen LogP contribution in [0.5, 0.6) is 5.75 Å². The van der Waals surface area contributed by atoms with Crippen LogP contribution in [0, 0.1) is 0 Å². The number of nitrogens with one attached hydrogen (secondary N) is 2. The fourth-order valence-electron chi connectivity index (χ4n) is 2.91. The van der Waals surface area contributed by atoms with Gasteiger partial charge in [-0.25, -0.2) is 4.79 Å². The van der Waals surface area contributed by atoms with Crippen molar-refractivity contribution in [2.45, 2.75) is 57.2 Å². The molecule has 0 aromatic heterocycles. The SMILES string of the molecule is CCC(NC(=O)NC1CCCCC1O)c1ccc(OC)cc1. The zero-order valence-electron chi connectivity index (χ0n) is 13.3. The van der Waals surface area contributed by atoms with Crippen molar-refractivity contribution in [3.8, 4) is 5.75 Å². The number of carbonyl (C=O) groups is 1. The van der Waals surface area contributed by atoms with Gasteiger partial charge in [0.25, 0.3) is 0 Å². The van der Waals surface area contributed by atoms with Gasteiger partial charge in [0.1, 0.15) is 5.75 Å². The van der Waals surface area contributed by atoms with Crippen molar-refractivity contribution in [3.05, 3.63) is 29.8 Å². The van der Waals surface area contributed by atoms with Crippen molar-refractivity contribution >= 4 is 6.03 Å². The maximum absolute atomic E-state index is 12.2. The van der Waals surface area contributed by atoms with Gasteiger partial charge >= 0.3 is 6.03 Å². The Morgan fingerprint density at radius 2 is 2.00 bits per heavy atom. The second-order valence-electron chi connectivity index (χ2n) is 5.81. The summed E-state index contributed by atoms with van der Waals surface area (Å²) in [4.78, 5) is 12.2. The van der Waals surface area contributed by atoms with E-state index in [1.165, 1.54) is 0 Å². The molecule has 0 spiro atoms. The third kappa shape index (κ3) is 4.37. The molecule has 2 rings (SSSR count). The Bertz CT molecular complexity index is 475. The fourth-order valence-corrected chi connectivity index (χ4v) is 2.91. The molecule has 3 N–H and O–H groups in total. The molecule has 1 fully saturated rings. The van der Waals surface area contributed by atoms with Crippen LogP contribution < -0.4 is 15.4 Å². The standard InChI is InChI=1S/C17H26N2O3/c1-3-14(12-8-10-13(22-2)11-9-12)18-17(21)19-15-6-4-5-7-16(15)20/h8-11,14-16,20H,3-7H2,1-2H3,(H2,18,19,21). The Morgan fingerprint density at radius 3 is 2.59 bits per heavy atom. The molecule has 122 valence electrons. The van der Waals surface area contributed by atoms with Gasteiger partial charge in [0.2, 0.25) is 0 Å². The number of amides is 2. The Kier molecular flexibility index (Phi) is 6.07. The van der Waals surface area contributed by atoms with E-state index in [-0.39, 0.29) is 18.1 Å². The van der Waals surface area contributed by atoms with Gasteiger partial charge in [0, 0.05) is 0 Å². The van der Waals surface area contributed by atoms with Crippen molar-refractivity contribution in [1.29, 1.82) is 0 Å². The monoisotopic (exact) mass is 306 g/mol. The minimum Gasteiger partial charge on any atom is -0.497 e. The number of ether oxygens (including phenoxy) is 1. The van der Waals surface area contributed by atoms with Crippen LogP contribution in [0.4, 0.5) is 4.79 Å². The number of aliphatic hydroxyl groups is 1. The molecular weight excluding hydrogens is 280 g/mol. The van der Waals surface area contributed by atoms with Crippen molar-refractivity contribution in [2.24, 2.45) is 0 Å². The topological polar surface area (TPSA) is 70.6 Å². The predicted octanol–water partition coefficient (Wildman–Crippen LogP) is 2.75. The predicted molar refractivity (Wildman–Crippen MR) is 86.0 cm³/mol. The van der Waals surface area contributed by atoms with E-state index in [0.717, 1.165) is 43.4 Å². The minimum absolute atomic E-state index is 0.0494. The van der Waals surface area contributed by atoms with Crippen molar-refractivity contribution in [1.82, 2.24) is 10.6 Å². The number of aliphatic hydroxyl groups excluding tert-OH is 1. The molecule has 0 heterocycles. The molecule has 0 saturated heterocycles. The van der Waals surface area contributed by atoms with E-state index >= 15 is 0 Å². The lowest BCUT2D eigenvalue weighted by atomic mass is 9.93. The molecule has 1 aliphatic rings. The van der Waals surface area contributed by atoms with Crippen LogP contribution >= 0.6 is 0 Å². The summed E-state index contributed by atoms with van der Waals surface area (Å²) in [6, 6.07) is 7.30. The highest BCUT2D eigenvalue weighted by Crippen LogP contribution is 2.21. The van der Waals surface area contributed by atoms with Gasteiger partial charge in [-0.2, -0.15) is 0 Å². The molecule has 0 aliphatic heterocycles. The Balaban J connectivity index is 1.92. The summed E-state index contributed by atoms with van der Waals surface area (Å²) in [6.07, 6.45) is 4.06. The Morgan fingerprint density at radius 1 is 1.32 bits per heavy atom. The van der Waals surface area contributed by atoms with Gasteiger partial charge < -0.3 is 20.5 Å². The first-order chi connectivity index (χ1) is 10.6. The lowest BCUT2D eigenvalue weighted by molar-refractivity contribution is 0.0940. The second kappa shape index (κ2) is 8.03. The lowest BCUT2D eigenvalue weighted by Gasteiger charge is -2.29. The summed E-state index contributed by atoms with van der Waals surface area (Å²) >= 11 is 0. The summed E-state index contributed by atoms with van der Waals surface area (Å²) in [7, 11) is 1.63. The molecule has 2 amide bonds. The fraction of sp³-hybridized carbons (Fsp3) is 0.588. The Hall–Kier alpha value is -1.75. The molecule has 5 nitrogen and oxygen atoms in total. The van der Waals surface area contributed by atoms with Crippen LogP contribution in [-0.4, -0.2) is 30.4 Å². The van der Waals surface area contributed by atoms with Crippen molar-refractivity contribution in [3.63, 3.8) is 0 Å². The zero-order chi connectivity index (χ0) is 15.9. The van der Waals surface area contributed by atoms with Crippen LogP contribution in [0.3, 0.4) is 0 Å². The first-order valence-electron chi connectivity index (χ1n) is 8.03. The van der Waals surface area contributed by atoms with Gasteiger partial charge in [0.05, 0.1) is 25.3 Å². The molecule has 1 aromatic carbocycles. The summed E-state index contributed by atoms with van der Waals surface area (Å²) in [6.45, 7) is 2.03. The third-order valence-electron chi connectivity index (χ3n) is 4.28. The number of benzene rings is 1. The van der Waals surface area contributed by atoms with Gasteiger partial charge in [-0.05, 0) is 37.0 Å². The average molecular weight is 306 g/mol. The average Bonchev–Trinajstić information content (AvgIpc) is 2.55. The first kappa shape index (κ1) is 16.6. The highest BCUT2D eigenvalue weighted by atomic mass is 16.5. The summed E-state index contributed by atoms with van der Waals surface area (Å²) in [5, 5.41) is 15.8. The first-order valence-corrected chi connectivity index (χ1v) is 8.03. The van der Waals surface area contributed by atoms with E-state index in [0.29, 0.717) is 0 Å². The van der Waals surface area contributed by atoms with Gasteiger partial charge in [-0.15, -0.1) is 0 Å². The normalized spacial score (nSPS) is 22.7. The summed E-state index contributed by atoms with van der Waals surface area (Å²) < 4.78 is 5.15. The minimum atomic E-state index is -0.430. The molecule has 5 heteroatoms. The highest BCUT2D eigenvalue weighted by Gasteiger charge is 2.25.